The van der Waals surface area contributed by atoms with Gasteiger partial charge in [-0.25, -0.2) is 18.2 Å². The highest BCUT2D eigenvalue weighted by Gasteiger charge is 2.12. The smallest absolute Gasteiger partial charge is 0.349 e. The second-order valence-corrected chi connectivity index (χ2v) is 6.57. The summed E-state index contributed by atoms with van der Waals surface area (Å²) in [5.41, 5.74) is 1.09. The molecule has 10 heteroatoms. The second-order valence-electron chi connectivity index (χ2n) is 4.82. The molecule has 0 radical (unpaired) electrons. The molecule has 9 nitrogen and oxygen atoms in total. The van der Waals surface area contributed by atoms with E-state index in [4.69, 9.17) is 4.74 Å². The fourth-order valence-corrected chi connectivity index (χ4v) is 2.68. The van der Waals surface area contributed by atoms with Gasteiger partial charge in [-0.2, -0.15) is 4.98 Å². The fraction of sp³-hybridized carbons (Fsp3) is 0.154. The van der Waals surface area contributed by atoms with E-state index in [2.05, 4.69) is 19.7 Å². The van der Waals surface area contributed by atoms with E-state index in [0.717, 1.165) is 6.26 Å². The van der Waals surface area contributed by atoms with Crippen molar-refractivity contribution in [2.45, 2.75) is 0 Å². The van der Waals surface area contributed by atoms with E-state index in [-0.39, 0.29) is 0 Å². The average Bonchev–Trinajstić information content (AvgIpc) is 2.88. The lowest BCUT2D eigenvalue weighted by Gasteiger charge is -2.09. The molecule has 0 bridgehead atoms. The number of hydrogen-bond acceptors (Lipinski definition) is 6. The van der Waals surface area contributed by atoms with Gasteiger partial charge in [0.25, 0.3) is 0 Å². The third-order valence-electron chi connectivity index (χ3n) is 3.03. The molecule has 0 unspecified atom stereocenters. The number of benzene rings is 1. The van der Waals surface area contributed by atoms with Crippen molar-refractivity contribution in [3.05, 3.63) is 41.2 Å². The number of hydrogen-bond donors (Lipinski definition) is 2. The highest BCUT2D eigenvalue weighted by Crippen LogP contribution is 2.32. The van der Waals surface area contributed by atoms with Crippen LogP contribution >= 0.6 is 0 Å². The molecule has 0 spiro atoms. The predicted octanol–water partition coefficient (Wildman–Crippen LogP) is 0.465. The van der Waals surface area contributed by atoms with Crippen LogP contribution in [0.3, 0.4) is 0 Å². The Bertz CT molecular complexity index is 1040. The summed E-state index contributed by atoms with van der Waals surface area (Å²) in [5.74, 6) is 0.790. The second kappa shape index (κ2) is 5.39. The SMILES string of the molecule is COc1cc(NS(C)(=O)=O)ccc1-c1cn2cnc(=O)[nH]c2n1. The molecule has 0 amide bonds. The highest BCUT2D eigenvalue weighted by atomic mass is 32.2. The van der Waals surface area contributed by atoms with Gasteiger partial charge in [0.05, 0.1) is 24.7 Å². The Labute approximate surface area is 131 Å². The Kier molecular flexibility index (Phi) is 3.52. The van der Waals surface area contributed by atoms with Crippen molar-refractivity contribution in [1.29, 1.82) is 0 Å². The number of sulfonamides is 1. The number of methoxy groups -OCH3 is 1. The predicted molar refractivity (Wildman–Crippen MR) is 84.1 cm³/mol. The summed E-state index contributed by atoms with van der Waals surface area (Å²) in [6, 6.07) is 4.84. The Morgan fingerprint density at radius 1 is 1.35 bits per heavy atom. The molecular weight excluding hydrogens is 322 g/mol. The quantitative estimate of drug-likeness (QED) is 0.715. The van der Waals surface area contributed by atoms with Gasteiger partial charge in [0.2, 0.25) is 15.8 Å². The molecule has 0 atom stereocenters. The summed E-state index contributed by atoms with van der Waals surface area (Å²) in [6.45, 7) is 0. The Balaban J connectivity index is 2.08. The van der Waals surface area contributed by atoms with Crippen LogP contribution in [0.2, 0.25) is 0 Å². The van der Waals surface area contributed by atoms with Crippen LogP contribution in [-0.2, 0) is 10.0 Å². The molecule has 120 valence electrons. The van der Waals surface area contributed by atoms with E-state index in [1.807, 2.05) is 0 Å². The molecule has 3 rings (SSSR count). The number of H-pyrrole nitrogens is 1. The number of aromatic nitrogens is 4. The van der Waals surface area contributed by atoms with Gasteiger partial charge in [-0.15, -0.1) is 0 Å². The number of rotatable bonds is 4. The zero-order valence-electron chi connectivity index (χ0n) is 12.3. The third kappa shape index (κ3) is 3.16. The molecule has 3 aromatic rings. The number of anilines is 1. The maximum Gasteiger partial charge on any atom is 0.349 e. The first kappa shape index (κ1) is 15.0. The maximum absolute atomic E-state index is 11.3. The minimum Gasteiger partial charge on any atom is -0.496 e. The molecule has 0 saturated heterocycles. The first-order valence-corrected chi connectivity index (χ1v) is 8.35. The van der Waals surface area contributed by atoms with Crippen molar-refractivity contribution in [3.63, 3.8) is 0 Å². The molecule has 2 heterocycles. The summed E-state index contributed by atoms with van der Waals surface area (Å²) >= 11 is 0. The molecule has 2 aromatic heterocycles. The van der Waals surface area contributed by atoms with Crippen LogP contribution < -0.4 is 15.1 Å². The van der Waals surface area contributed by atoms with Crippen LogP contribution in [0.5, 0.6) is 5.75 Å². The fourth-order valence-electron chi connectivity index (χ4n) is 2.13. The van der Waals surface area contributed by atoms with E-state index >= 15 is 0 Å². The van der Waals surface area contributed by atoms with Crippen LogP contribution in [0, 0.1) is 0 Å². The Morgan fingerprint density at radius 2 is 2.13 bits per heavy atom. The molecule has 0 fully saturated rings. The summed E-state index contributed by atoms with van der Waals surface area (Å²) in [5, 5.41) is 0. The van der Waals surface area contributed by atoms with Crippen LogP contribution in [0.4, 0.5) is 5.69 Å². The van der Waals surface area contributed by atoms with Gasteiger partial charge < -0.3 is 4.74 Å². The highest BCUT2D eigenvalue weighted by molar-refractivity contribution is 7.92. The van der Waals surface area contributed by atoms with E-state index in [0.29, 0.717) is 28.5 Å². The van der Waals surface area contributed by atoms with Crippen molar-refractivity contribution in [2.24, 2.45) is 0 Å². The molecular formula is C13H13N5O4S. The van der Waals surface area contributed by atoms with Crippen molar-refractivity contribution in [3.8, 4) is 17.0 Å². The van der Waals surface area contributed by atoms with E-state index in [1.54, 1.807) is 28.8 Å². The van der Waals surface area contributed by atoms with Crippen molar-refractivity contribution in [1.82, 2.24) is 19.4 Å². The molecule has 0 aliphatic rings. The maximum atomic E-state index is 11.3. The minimum absolute atomic E-state index is 0.348. The molecule has 1 aromatic carbocycles. The number of imidazole rings is 1. The van der Waals surface area contributed by atoms with Gasteiger partial charge in [0.15, 0.2) is 0 Å². The van der Waals surface area contributed by atoms with Gasteiger partial charge in [-0.05, 0) is 12.1 Å². The van der Waals surface area contributed by atoms with Gasteiger partial charge in [0, 0.05) is 17.8 Å². The lowest BCUT2D eigenvalue weighted by Crippen LogP contribution is -2.11. The number of nitrogens with zero attached hydrogens (tertiary/aromatic N) is 3. The Hall–Kier alpha value is -2.88. The summed E-state index contributed by atoms with van der Waals surface area (Å²) in [6.07, 6.45) is 4.11. The first-order chi connectivity index (χ1) is 10.9. The zero-order valence-corrected chi connectivity index (χ0v) is 13.1. The van der Waals surface area contributed by atoms with E-state index in [1.165, 1.54) is 13.4 Å². The number of nitrogens with one attached hydrogen (secondary N) is 2. The van der Waals surface area contributed by atoms with Gasteiger partial charge in [-0.1, -0.05) is 0 Å². The van der Waals surface area contributed by atoms with Crippen LogP contribution in [-0.4, -0.2) is 41.1 Å². The lowest BCUT2D eigenvalue weighted by atomic mass is 10.1. The van der Waals surface area contributed by atoms with Crippen molar-refractivity contribution < 1.29 is 13.2 Å². The van der Waals surface area contributed by atoms with Crippen LogP contribution in [0.1, 0.15) is 0 Å². The molecule has 0 aliphatic carbocycles. The van der Waals surface area contributed by atoms with Gasteiger partial charge >= 0.3 is 5.69 Å². The zero-order chi connectivity index (χ0) is 16.6. The number of ether oxygens (including phenoxy) is 1. The normalized spacial score (nSPS) is 11.6. The summed E-state index contributed by atoms with van der Waals surface area (Å²) in [4.78, 5) is 21.7. The molecule has 0 saturated carbocycles. The van der Waals surface area contributed by atoms with Crippen molar-refractivity contribution >= 4 is 21.5 Å². The monoisotopic (exact) mass is 335 g/mol. The van der Waals surface area contributed by atoms with Gasteiger partial charge in [0.1, 0.15) is 12.1 Å². The van der Waals surface area contributed by atoms with Crippen molar-refractivity contribution in [2.75, 3.05) is 18.1 Å². The van der Waals surface area contributed by atoms with Crippen LogP contribution in [0.15, 0.2) is 35.5 Å². The van der Waals surface area contributed by atoms with E-state index < -0.39 is 15.7 Å². The van der Waals surface area contributed by atoms with E-state index in [9.17, 15) is 13.2 Å². The standard InChI is InChI=1S/C13H13N5O4S/c1-22-11-5-8(17-23(2,20)21)3-4-9(11)10-6-18-7-14-13(19)16-12(18)15-10/h3-7,17H,1-2H3,(H,15,16,19). The number of fused-ring (bicyclic) bond motifs is 1. The largest absolute Gasteiger partial charge is 0.496 e. The third-order valence-corrected chi connectivity index (χ3v) is 3.64. The van der Waals surface area contributed by atoms with Gasteiger partial charge in [-0.3, -0.25) is 14.1 Å². The topological polar surface area (TPSA) is 118 Å². The lowest BCUT2D eigenvalue weighted by molar-refractivity contribution is 0.416. The molecule has 2 N–H and O–H groups in total. The first-order valence-electron chi connectivity index (χ1n) is 6.46. The Morgan fingerprint density at radius 3 is 2.83 bits per heavy atom. The number of aromatic amines is 1. The molecule has 0 aliphatic heterocycles. The average molecular weight is 335 g/mol. The van der Waals surface area contributed by atoms with Crippen LogP contribution in [0.25, 0.3) is 17.0 Å². The molecule has 23 heavy (non-hydrogen) atoms. The minimum atomic E-state index is -3.38. The summed E-state index contributed by atoms with van der Waals surface area (Å²) in [7, 11) is -1.90. The summed E-state index contributed by atoms with van der Waals surface area (Å²) < 4.78 is 31.8.